The molecule has 0 aliphatic carbocycles. The first-order valence-corrected chi connectivity index (χ1v) is 7.84. The van der Waals surface area contributed by atoms with Crippen LogP contribution in [0.15, 0.2) is 18.2 Å². The maximum atomic E-state index is 11.8. The van der Waals surface area contributed by atoms with Gasteiger partial charge in [0.2, 0.25) is 5.91 Å². The van der Waals surface area contributed by atoms with Crippen molar-refractivity contribution in [2.45, 2.75) is 19.8 Å². The number of thiazole rings is 1. The molecule has 3 amide bonds. The van der Waals surface area contributed by atoms with Gasteiger partial charge in [0.1, 0.15) is 0 Å². The summed E-state index contributed by atoms with van der Waals surface area (Å²) in [5, 5.41) is 6.33. The van der Waals surface area contributed by atoms with Gasteiger partial charge in [0.25, 0.3) is 0 Å². The lowest BCUT2D eigenvalue weighted by molar-refractivity contribution is -0.127. The average molecular weight is 320 g/mol. The van der Waals surface area contributed by atoms with Gasteiger partial charge in [0.05, 0.1) is 21.8 Å². The Morgan fingerprint density at radius 2 is 2.05 bits per heavy atom. The van der Waals surface area contributed by atoms with E-state index in [2.05, 4.69) is 29.5 Å². The molecule has 22 heavy (non-hydrogen) atoms. The van der Waals surface area contributed by atoms with Crippen LogP contribution < -0.4 is 10.6 Å². The summed E-state index contributed by atoms with van der Waals surface area (Å²) in [6, 6.07) is 5.19. The van der Waals surface area contributed by atoms with Crippen molar-refractivity contribution in [2.24, 2.45) is 0 Å². The molecule has 0 spiro atoms. The van der Waals surface area contributed by atoms with Crippen LogP contribution in [0, 0.1) is 0 Å². The van der Waals surface area contributed by atoms with Gasteiger partial charge < -0.3 is 15.5 Å². The number of hydrogen-bond acceptors (Lipinski definition) is 4. The SMILES string of the molecule is CC(C)c1nc2ccc(NC(=O)NCC(=O)N(C)C)cc2s1. The molecule has 1 aromatic heterocycles. The normalized spacial score (nSPS) is 10.8. The van der Waals surface area contributed by atoms with Crippen molar-refractivity contribution in [3.8, 4) is 0 Å². The van der Waals surface area contributed by atoms with Crippen LogP contribution in [0.1, 0.15) is 24.8 Å². The van der Waals surface area contributed by atoms with Crippen molar-refractivity contribution < 1.29 is 9.59 Å². The first kappa shape index (κ1) is 16.2. The molecule has 7 heteroatoms. The number of urea groups is 1. The molecule has 118 valence electrons. The van der Waals surface area contributed by atoms with E-state index in [-0.39, 0.29) is 12.5 Å². The monoisotopic (exact) mass is 320 g/mol. The quantitative estimate of drug-likeness (QED) is 0.909. The van der Waals surface area contributed by atoms with E-state index < -0.39 is 6.03 Å². The molecule has 0 bridgehead atoms. The Kier molecular flexibility index (Phi) is 4.97. The fourth-order valence-electron chi connectivity index (χ4n) is 1.76. The van der Waals surface area contributed by atoms with E-state index in [1.807, 2.05) is 12.1 Å². The number of nitrogens with one attached hydrogen (secondary N) is 2. The third-order valence-corrected chi connectivity index (χ3v) is 4.37. The van der Waals surface area contributed by atoms with Gasteiger partial charge in [-0.15, -0.1) is 11.3 Å². The topological polar surface area (TPSA) is 74.3 Å². The number of likely N-dealkylation sites (N-methyl/N-ethyl adjacent to an activating group) is 1. The van der Waals surface area contributed by atoms with E-state index >= 15 is 0 Å². The largest absolute Gasteiger partial charge is 0.347 e. The van der Waals surface area contributed by atoms with Gasteiger partial charge in [-0.3, -0.25) is 4.79 Å². The molecule has 2 aromatic rings. The van der Waals surface area contributed by atoms with E-state index in [0.717, 1.165) is 15.2 Å². The number of amides is 3. The number of carbonyl (C=O) groups is 2. The van der Waals surface area contributed by atoms with Crippen molar-refractivity contribution in [2.75, 3.05) is 26.0 Å². The van der Waals surface area contributed by atoms with E-state index in [1.54, 1.807) is 31.5 Å². The van der Waals surface area contributed by atoms with Crippen LogP contribution in [0.2, 0.25) is 0 Å². The first-order valence-electron chi connectivity index (χ1n) is 7.02. The Labute approximate surface area is 133 Å². The minimum Gasteiger partial charge on any atom is -0.347 e. The average Bonchev–Trinajstić information content (AvgIpc) is 2.88. The summed E-state index contributed by atoms with van der Waals surface area (Å²) in [5.41, 5.74) is 1.61. The number of fused-ring (bicyclic) bond motifs is 1. The van der Waals surface area contributed by atoms with Gasteiger partial charge >= 0.3 is 6.03 Å². The third-order valence-electron chi connectivity index (χ3n) is 3.06. The fraction of sp³-hybridized carbons (Fsp3) is 0.400. The molecule has 2 N–H and O–H groups in total. The molecule has 0 saturated carbocycles. The Hall–Kier alpha value is -2.15. The molecule has 6 nitrogen and oxygen atoms in total. The zero-order chi connectivity index (χ0) is 16.3. The van der Waals surface area contributed by atoms with Crippen LogP contribution >= 0.6 is 11.3 Å². The van der Waals surface area contributed by atoms with Crippen LogP contribution in [-0.4, -0.2) is 42.5 Å². The third kappa shape index (κ3) is 3.94. The Morgan fingerprint density at radius 1 is 1.32 bits per heavy atom. The number of rotatable bonds is 4. The summed E-state index contributed by atoms with van der Waals surface area (Å²) in [6.07, 6.45) is 0. The zero-order valence-electron chi connectivity index (χ0n) is 13.1. The molecular weight excluding hydrogens is 300 g/mol. The van der Waals surface area contributed by atoms with Gasteiger partial charge in [-0.25, -0.2) is 9.78 Å². The Bertz CT molecular complexity index is 694. The van der Waals surface area contributed by atoms with Crippen LogP contribution in [0.4, 0.5) is 10.5 Å². The van der Waals surface area contributed by atoms with Crippen LogP contribution in [0.5, 0.6) is 0 Å². The Balaban J connectivity index is 2.02. The summed E-state index contributed by atoms with van der Waals surface area (Å²) in [4.78, 5) is 29.2. The second kappa shape index (κ2) is 6.74. The second-order valence-electron chi connectivity index (χ2n) is 5.49. The standard InChI is InChI=1S/C15H20N4O2S/c1-9(2)14-18-11-6-5-10(7-12(11)22-14)17-15(21)16-8-13(20)19(3)4/h5-7,9H,8H2,1-4H3,(H2,16,17,21). The highest BCUT2D eigenvalue weighted by Gasteiger charge is 2.10. The smallest absolute Gasteiger partial charge is 0.319 e. The lowest BCUT2D eigenvalue weighted by Gasteiger charge is -2.11. The van der Waals surface area contributed by atoms with E-state index in [4.69, 9.17) is 0 Å². The predicted octanol–water partition coefficient (Wildman–Crippen LogP) is 2.63. The van der Waals surface area contributed by atoms with Crippen molar-refractivity contribution >= 4 is 39.2 Å². The van der Waals surface area contributed by atoms with Crippen molar-refractivity contribution in [3.05, 3.63) is 23.2 Å². The van der Waals surface area contributed by atoms with Gasteiger partial charge in [-0.05, 0) is 18.2 Å². The van der Waals surface area contributed by atoms with Gasteiger partial charge in [-0.2, -0.15) is 0 Å². The predicted molar refractivity (Wildman–Crippen MR) is 89.4 cm³/mol. The van der Waals surface area contributed by atoms with Crippen LogP contribution in [0.25, 0.3) is 10.2 Å². The second-order valence-corrected chi connectivity index (χ2v) is 6.55. The number of benzene rings is 1. The van der Waals surface area contributed by atoms with Crippen LogP contribution in [-0.2, 0) is 4.79 Å². The van der Waals surface area contributed by atoms with Crippen molar-refractivity contribution in [1.29, 1.82) is 0 Å². The van der Waals surface area contributed by atoms with Crippen molar-refractivity contribution in [1.82, 2.24) is 15.2 Å². The van der Waals surface area contributed by atoms with E-state index in [1.165, 1.54) is 4.90 Å². The molecule has 0 aliphatic rings. The summed E-state index contributed by atoms with van der Waals surface area (Å²) in [7, 11) is 3.29. The van der Waals surface area contributed by atoms with Gasteiger partial charge in [0.15, 0.2) is 0 Å². The van der Waals surface area contributed by atoms with E-state index in [9.17, 15) is 9.59 Å². The molecule has 1 heterocycles. The first-order chi connectivity index (χ1) is 10.4. The maximum Gasteiger partial charge on any atom is 0.319 e. The molecule has 1 aromatic carbocycles. The molecule has 0 radical (unpaired) electrons. The molecule has 0 aliphatic heterocycles. The Morgan fingerprint density at radius 3 is 2.68 bits per heavy atom. The summed E-state index contributed by atoms with van der Waals surface area (Å²) in [5.74, 6) is 0.226. The number of carbonyl (C=O) groups excluding carboxylic acids is 2. The summed E-state index contributed by atoms with van der Waals surface area (Å²) < 4.78 is 1.03. The molecule has 0 atom stereocenters. The molecular formula is C15H20N4O2S. The number of aromatic nitrogens is 1. The van der Waals surface area contributed by atoms with Gasteiger partial charge in [0, 0.05) is 25.7 Å². The molecule has 0 saturated heterocycles. The highest BCUT2D eigenvalue weighted by molar-refractivity contribution is 7.18. The lowest BCUT2D eigenvalue weighted by atomic mass is 10.2. The fourth-order valence-corrected chi connectivity index (χ4v) is 2.77. The highest BCUT2D eigenvalue weighted by atomic mass is 32.1. The van der Waals surface area contributed by atoms with Crippen LogP contribution in [0.3, 0.4) is 0 Å². The minimum atomic E-state index is -0.400. The minimum absolute atomic E-state index is 0.0286. The number of hydrogen-bond donors (Lipinski definition) is 2. The maximum absolute atomic E-state index is 11.8. The molecule has 2 rings (SSSR count). The molecule has 0 unspecified atom stereocenters. The summed E-state index contributed by atoms with van der Waals surface area (Å²) >= 11 is 1.63. The molecule has 0 fully saturated rings. The lowest BCUT2D eigenvalue weighted by Crippen LogP contribution is -2.38. The number of anilines is 1. The van der Waals surface area contributed by atoms with Gasteiger partial charge in [-0.1, -0.05) is 13.8 Å². The zero-order valence-corrected chi connectivity index (χ0v) is 14.0. The van der Waals surface area contributed by atoms with E-state index in [0.29, 0.717) is 11.6 Å². The van der Waals surface area contributed by atoms with Crippen molar-refractivity contribution in [3.63, 3.8) is 0 Å². The number of nitrogens with zero attached hydrogens (tertiary/aromatic N) is 2. The summed E-state index contributed by atoms with van der Waals surface area (Å²) in [6.45, 7) is 4.18. The highest BCUT2D eigenvalue weighted by Crippen LogP contribution is 2.29.